The Morgan fingerprint density at radius 2 is 1.46 bits per heavy atom. The van der Waals surface area contributed by atoms with E-state index in [2.05, 4.69) is 22.4 Å². The SMILES string of the molecule is c1ccc(CNc2cc(-c3cccnc3)nc(-c3ccccc3)n2)cc1. The molecule has 0 saturated heterocycles. The summed E-state index contributed by atoms with van der Waals surface area (Å²) < 4.78 is 0. The lowest BCUT2D eigenvalue weighted by Gasteiger charge is -2.10. The van der Waals surface area contributed by atoms with Crippen molar-refractivity contribution in [2.75, 3.05) is 5.32 Å². The summed E-state index contributed by atoms with van der Waals surface area (Å²) in [5.74, 6) is 1.49. The highest BCUT2D eigenvalue weighted by Gasteiger charge is 2.09. The van der Waals surface area contributed by atoms with E-state index >= 15 is 0 Å². The highest BCUT2D eigenvalue weighted by Crippen LogP contribution is 2.24. The lowest BCUT2D eigenvalue weighted by atomic mass is 10.1. The van der Waals surface area contributed by atoms with Crippen LogP contribution < -0.4 is 5.32 Å². The van der Waals surface area contributed by atoms with E-state index in [1.807, 2.05) is 72.9 Å². The number of nitrogens with one attached hydrogen (secondary N) is 1. The number of rotatable bonds is 5. The Bertz CT molecular complexity index is 913. The van der Waals surface area contributed by atoms with Gasteiger partial charge in [0.25, 0.3) is 0 Å². The van der Waals surface area contributed by atoms with Gasteiger partial charge < -0.3 is 5.32 Å². The fourth-order valence-corrected chi connectivity index (χ4v) is 2.70. The van der Waals surface area contributed by atoms with Gasteiger partial charge in [-0.2, -0.15) is 0 Å². The van der Waals surface area contributed by atoms with Gasteiger partial charge in [0, 0.05) is 36.1 Å². The Morgan fingerprint density at radius 3 is 2.19 bits per heavy atom. The van der Waals surface area contributed by atoms with Crippen molar-refractivity contribution in [3.8, 4) is 22.6 Å². The van der Waals surface area contributed by atoms with Gasteiger partial charge in [-0.1, -0.05) is 60.7 Å². The number of hydrogen-bond donors (Lipinski definition) is 1. The average molecular weight is 338 g/mol. The third kappa shape index (κ3) is 3.75. The van der Waals surface area contributed by atoms with E-state index in [-0.39, 0.29) is 0 Å². The molecule has 0 radical (unpaired) electrons. The Balaban J connectivity index is 1.70. The second-order valence-electron chi connectivity index (χ2n) is 5.91. The molecule has 0 spiro atoms. The van der Waals surface area contributed by atoms with Crippen molar-refractivity contribution in [2.24, 2.45) is 0 Å². The molecule has 0 aliphatic heterocycles. The van der Waals surface area contributed by atoms with Crippen LogP contribution in [-0.4, -0.2) is 15.0 Å². The molecule has 2 aromatic carbocycles. The molecule has 4 nitrogen and oxygen atoms in total. The molecule has 4 heteroatoms. The lowest BCUT2D eigenvalue weighted by Crippen LogP contribution is -2.04. The highest BCUT2D eigenvalue weighted by molar-refractivity contribution is 5.66. The van der Waals surface area contributed by atoms with Crippen molar-refractivity contribution < 1.29 is 0 Å². The summed E-state index contributed by atoms with van der Waals surface area (Å²) >= 11 is 0. The Morgan fingerprint density at radius 1 is 0.731 bits per heavy atom. The summed E-state index contributed by atoms with van der Waals surface area (Å²) in [5.41, 5.74) is 4.01. The number of pyridine rings is 1. The van der Waals surface area contributed by atoms with Gasteiger partial charge in [-0.3, -0.25) is 4.98 Å². The fraction of sp³-hybridized carbons (Fsp3) is 0.0455. The minimum atomic E-state index is 0.697. The van der Waals surface area contributed by atoms with E-state index in [1.54, 1.807) is 6.20 Å². The summed E-state index contributed by atoms with van der Waals surface area (Å²) in [6.45, 7) is 0.707. The molecule has 1 N–H and O–H groups in total. The van der Waals surface area contributed by atoms with E-state index in [0.29, 0.717) is 12.4 Å². The minimum Gasteiger partial charge on any atom is -0.366 e. The molecule has 26 heavy (non-hydrogen) atoms. The molecule has 0 saturated carbocycles. The number of anilines is 1. The summed E-state index contributed by atoms with van der Waals surface area (Å²) in [6, 6.07) is 26.2. The van der Waals surface area contributed by atoms with Crippen molar-refractivity contribution in [2.45, 2.75) is 6.54 Å². The van der Waals surface area contributed by atoms with Crippen LogP contribution in [0.15, 0.2) is 91.3 Å². The van der Waals surface area contributed by atoms with E-state index < -0.39 is 0 Å². The Labute approximate surface area is 152 Å². The molecule has 0 amide bonds. The number of hydrogen-bond acceptors (Lipinski definition) is 4. The lowest BCUT2D eigenvalue weighted by molar-refractivity contribution is 1.09. The van der Waals surface area contributed by atoms with Crippen molar-refractivity contribution in [1.82, 2.24) is 15.0 Å². The monoisotopic (exact) mass is 338 g/mol. The van der Waals surface area contributed by atoms with Crippen LogP contribution in [0.1, 0.15) is 5.56 Å². The summed E-state index contributed by atoms with van der Waals surface area (Å²) in [4.78, 5) is 13.6. The summed E-state index contributed by atoms with van der Waals surface area (Å²) in [5, 5.41) is 3.41. The number of aromatic nitrogens is 3. The maximum Gasteiger partial charge on any atom is 0.162 e. The molecular formula is C22H18N4. The van der Waals surface area contributed by atoms with Gasteiger partial charge >= 0.3 is 0 Å². The van der Waals surface area contributed by atoms with Gasteiger partial charge in [0.1, 0.15) is 5.82 Å². The third-order valence-electron chi connectivity index (χ3n) is 4.03. The highest BCUT2D eigenvalue weighted by atomic mass is 15.0. The predicted octanol–water partition coefficient (Wildman–Crippen LogP) is 4.82. The van der Waals surface area contributed by atoms with Crippen LogP contribution in [0.3, 0.4) is 0 Å². The molecule has 4 aromatic rings. The first kappa shape index (κ1) is 16.0. The van der Waals surface area contributed by atoms with Crippen molar-refractivity contribution in [3.05, 3.63) is 96.8 Å². The van der Waals surface area contributed by atoms with Gasteiger partial charge in [0.05, 0.1) is 5.69 Å². The predicted molar refractivity (Wildman–Crippen MR) is 104 cm³/mol. The minimum absolute atomic E-state index is 0.697. The van der Waals surface area contributed by atoms with Crippen LogP contribution in [0.25, 0.3) is 22.6 Å². The summed E-state index contributed by atoms with van der Waals surface area (Å²) in [7, 11) is 0. The molecule has 4 rings (SSSR count). The largest absolute Gasteiger partial charge is 0.366 e. The van der Waals surface area contributed by atoms with Crippen LogP contribution in [0.2, 0.25) is 0 Å². The molecule has 0 unspecified atom stereocenters. The molecule has 0 fully saturated rings. The fourth-order valence-electron chi connectivity index (χ4n) is 2.70. The van der Waals surface area contributed by atoms with Crippen LogP contribution in [-0.2, 0) is 6.54 Å². The zero-order chi connectivity index (χ0) is 17.6. The summed E-state index contributed by atoms with van der Waals surface area (Å²) in [6.07, 6.45) is 3.58. The molecular weight excluding hydrogens is 320 g/mol. The van der Waals surface area contributed by atoms with Gasteiger partial charge in [0.15, 0.2) is 5.82 Å². The molecule has 126 valence electrons. The first-order valence-corrected chi connectivity index (χ1v) is 8.51. The molecule has 2 heterocycles. The van der Waals surface area contributed by atoms with Crippen LogP contribution in [0, 0.1) is 0 Å². The molecule has 0 aliphatic carbocycles. The van der Waals surface area contributed by atoms with Gasteiger partial charge in [-0.25, -0.2) is 9.97 Å². The van der Waals surface area contributed by atoms with Crippen molar-refractivity contribution >= 4 is 5.82 Å². The van der Waals surface area contributed by atoms with Crippen LogP contribution in [0.4, 0.5) is 5.82 Å². The second-order valence-corrected chi connectivity index (χ2v) is 5.91. The molecule has 0 aliphatic rings. The quantitative estimate of drug-likeness (QED) is 0.567. The van der Waals surface area contributed by atoms with Gasteiger partial charge in [0.2, 0.25) is 0 Å². The first-order chi connectivity index (χ1) is 12.9. The van der Waals surface area contributed by atoms with Crippen LogP contribution in [0.5, 0.6) is 0 Å². The normalized spacial score (nSPS) is 10.5. The topological polar surface area (TPSA) is 50.7 Å². The smallest absolute Gasteiger partial charge is 0.162 e. The standard InChI is InChI=1S/C22H18N4/c1-3-8-17(9-4-1)15-24-21-14-20(19-12-7-13-23-16-19)25-22(26-21)18-10-5-2-6-11-18/h1-14,16H,15H2,(H,24,25,26). The maximum atomic E-state index is 4.74. The molecule has 0 bridgehead atoms. The zero-order valence-corrected chi connectivity index (χ0v) is 14.2. The Hall–Kier alpha value is -3.53. The zero-order valence-electron chi connectivity index (χ0n) is 14.2. The first-order valence-electron chi connectivity index (χ1n) is 8.51. The van der Waals surface area contributed by atoms with Crippen LogP contribution >= 0.6 is 0 Å². The number of nitrogens with zero attached hydrogens (tertiary/aromatic N) is 3. The van der Waals surface area contributed by atoms with E-state index in [0.717, 1.165) is 22.6 Å². The number of benzene rings is 2. The van der Waals surface area contributed by atoms with Crippen molar-refractivity contribution in [1.29, 1.82) is 0 Å². The van der Waals surface area contributed by atoms with Gasteiger partial charge in [-0.15, -0.1) is 0 Å². The maximum absolute atomic E-state index is 4.74. The van der Waals surface area contributed by atoms with E-state index in [1.165, 1.54) is 5.56 Å². The van der Waals surface area contributed by atoms with Gasteiger partial charge in [-0.05, 0) is 17.7 Å². The van der Waals surface area contributed by atoms with Crippen molar-refractivity contribution in [3.63, 3.8) is 0 Å². The molecule has 0 atom stereocenters. The van der Waals surface area contributed by atoms with E-state index in [9.17, 15) is 0 Å². The molecule has 2 aromatic heterocycles. The Kier molecular flexibility index (Phi) is 4.65. The second kappa shape index (κ2) is 7.57. The average Bonchev–Trinajstić information content (AvgIpc) is 2.74. The third-order valence-corrected chi connectivity index (χ3v) is 4.03. The van der Waals surface area contributed by atoms with E-state index in [4.69, 9.17) is 9.97 Å².